The van der Waals surface area contributed by atoms with Crippen molar-refractivity contribution < 1.29 is 17.9 Å². The molecule has 1 heterocycles. The van der Waals surface area contributed by atoms with E-state index in [1.807, 2.05) is 0 Å². The van der Waals surface area contributed by atoms with Gasteiger partial charge in [0.1, 0.15) is 10.0 Å². The predicted molar refractivity (Wildman–Crippen MR) is 80.3 cm³/mol. The summed E-state index contributed by atoms with van der Waals surface area (Å²) >= 11 is 1.07. The minimum absolute atomic E-state index is 0.180. The number of thiophene rings is 1. The number of aliphatic hydroxyl groups excluding tert-OH is 1. The van der Waals surface area contributed by atoms with E-state index in [0.29, 0.717) is 12.0 Å². The molecule has 2 aromatic rings. The SMILES string of the molecule is Cc1cc(F)ccc1CCNS(=O)(=O)c1cc(CO)cs1. The molecular formula is C14H16FNO3S2. The average Bonchev–Trinajstić information content (AvgIpc) is 2.91. The fourth-order valence-electron chi connectivity index (χ4n) is 1.91. The van der Waals surface area contributed by atoms with Crippen LogP contribution in [0.5, 0.6) is 0 Å². The molecule has 21 heavy (non-hydrogen) atoms. The van der Waals surface area contributed by atoms with Gasteiger partial charge in [0.25, 0.3) is 0 Å². The molecule has 0 aliphatic rings. The van der Waals surface area contributed by atoms with Gasteiger partial charge in [0.2, 0.25) is 10.0 Å². The fraction of sp³-hybridized carbons (Fsp3) is 0.286. The number of rotatable bonds is 6. The Labute approximate surface area is 127 Å². The Morgan fingerprint density at radius 2 is 2.10 bits per heavy atom. The quantitative estimate of drug-likeness (QED) is 0.854. The van der Waals surface area contributed by atoms with Crippen molar-refractivity contribution in [2.45, 2.75) is 24.2 Å². The first-order valence-corrected chi connectivity index (χ1v) is 8.71. The van der Waals surface area contributed by atoms with Crippen LogP contribution in [0.25, 0.3) is 0 Å². The van der Waals surface area contributed by atoms with Crippen LogP contribution < -0.4 is 4.72 Å². The summed E-state index contributed by atoms with van der Waals surface area (Å²) in [6.45, 7) is 1.85. The van der Waals surface area contributed by atoms with Gasteiger partial charge in [-0.25, -0.2) is 17.5 Å². The van der Waals surface area contributed by atoms with Gasteiger partial charge in [-0.1, -0.05) is 6.07 Å². The number of hydrogen-bond acceptors (Lipinski definition) is 4. The summed E-state index contributed by atoms with van der Waals surface area (Å²) < 4.78 is 39.8. The third-order valence-electron chi connectivity index (χ3n) is 3.07. The second-order valence-corrected chi connectivity index (χ2v) is 7.56. The van der Waals surface area contributed by atoms with Crippen LogP contribution in [0.4, 0.5) is 4.39 Å². The minimum Gasteiger partial charge on any atom is -0.392 e. The maximum atomic E-state index is 13.0. The lowest BCUT2D eigenvalue weighted by atomic mass is 10.1. The summed E-state index contributed by atoms with van der Waals surface area (Å²) in [4.78, 5) is 0. The highest BCUT2D eigenvalue weighted by atomic mass is 32.2. The number of nitrogens with one attached hydrogen (secondary N) is 1. The maximum Gasteiger partial charge on any atom is 0.250 e. The normalized spacial score (nSPS) is 11.8. The second kappa shape index (κ2) is 6.65. The van der Waals surface area contributed by atoms with Gasteiger partial charge < -0.3 is 5.11 Å². The van der Waals surface area contributed by atoms with Crippen LogP contribution >= 0.6 is 11.3 Å². The number of aliphatic hydroxyl groups is 1. The Morgan fingerprint density at radius 3 is 2.71 bits per heavy atom. The van der Waals surface area contributed by atoms with E-state index < -0.39 is 10.0 Å². The van der Waals surface area contributed by atoms with Crippen molar-refractivity contribution in [3.05, 3.63) is 52.2 Å². The zero-order valence-electron chi connectivity index (χ0n) is 11.5. The van der Waals surface area contributed by atoms with E-state index in [2.05, 4.69) is 4.72 Å². The first-order chi connectivity index (χ1) is 9.92. The van der Waals surface area contributed by atoms with E-state index in [1.165, 1.54) is 18.2 Å². The summed E-state index contributed by atoms with van der Waals surface area (Å²) in [7, 11) is -3.56. The highest BCUT2D eigenvalue weighted by Crippen LogP contribution is 2.20. The molecule has 0 radical (unpaired) electrons. The molecule has 0 atom stereocenters. The summed E-state index contributed by atoms with van der Waals surface area (Å²) in [6, 6.07) is 5.91. The molecule has 4 nitrogen and oxygen atoms in total. The lowest BCUT2D eigenvalue weighted by Crippen LogP contribution is -2.25. The number of halogens is 1. The highest BCUT2D eigenvalue weighted by molar-refractivity contribution is 7.91. The van der Waals surface area contributed by atoms with E-state index in [4.69, 9.17) is 5.11 Å². The summed E-state index contributed by atoms with van der Waals surface area (Å²) in [5.41, 5.74) is 2.28. The molecule has 0 unspecified atom stereocenters. The molecule has 0 spiro atoms. The zero-order valence-corrected chi connectivity index (χ0v) is 13.1. The number of benzene rings is 1. The van der Waals surface area contributed by atoms with Gasteiger partial charge in [0, 0.05) is 6.54 Å². The molecule has 0 saturated carbocycles. The molecule has 114 valence electrons. The largest absolute Gasteiger partial charge is 0.392 e. The van der Waals surface area contributed by atoms with Crippen molar-refractivity contribution >= 4 is 21.4 Å². The lowest BCUT2D eigenvalue weighted by Gasteiger charge is -2.07. The molecule has 0 fully saturated rings. The van der Waals surface area contributed by atoms with Crippen molar-refractivity contribution in [1.29, 1.82) is 0 Å². The van der Waals surface area contributed by atoms with E-state index in [9.17, 15) is 12.8 Å². The van der Waals surface area contributed by atoms with Crippen LogP contribution in [0.15, 0.2) is 33.9 Å². The number of hydrogen-bond donors (Lipinski definition) is 2. The van der Waals surface area contributed by atoms with Crippen molar-refractivity contribution in [3.8, 4) is 0 Å². The molecule has 0 saturated heterocycles. The van der Waals surface area contributed by atoms with Crippen LogP contribution in [-0.2, 0) is 23.1 Å². The first kappa shape index (κ1) is 16.1. The van der Waals surface area contributed by atoms with E-state index in [0.717, 1.165) is 22.5 Å². The molecule has 2 N–H and O–H groups in total. The third kappa shape index (κ3) is 4.10. The van der Waals surface area contributed by atoms with Crippen molar-refractivity contribution in [2.24, 2.45) is 0 Å². The van der Waals surface area contributed by atoms with Gasteiger partial charge >= 0.3 is 0 Å². The summed E-state index contributed by atoms with van der Waals surface area (Å²) in [5.74, 6) is -0.299. The molecule has 0 amide bonds. The van der Waals surface area contributed by atoms with E-state index >= 15 is 0 Å². The molecule has 0 aliphatic carbocycles. The van der Waals surface area contributed by atoms with E-state index in [1.54, 1.807) is 18.4 Å². The molecule has 0 aliphatic heterocycles. The highest BCUT2D eigenvalue weighted by Gasteiger charge is 2.16. The van der Waals surface area contributed by atoms with Crippen LogP contribution in [0.1, 0.15) is 16.7 Å². The average molecular weight is 329 g/mol. The summed E-state index contributed by atoms with van der Waals surface area (Å²) in [6.07, 6.45) is 0.490. The topological polar surface area (TPSA) is 66.4 Å². The third-order valence-corrected chi connectivity index (χ3v) is 6.02. The van der Waals surface area contributed by atoms with Gasteiger partial charge in [-0.15, -0.1) is 11.3 Å². The Hall–Kier alpha value is -1.28. The Bertz CT molecular complexity index is 726. The molecule has 1 aromatic carbocycles. The van der Waals surface area contributed by atoms with Gasteiger partial charge in [-0.2, -0.15) is 0 Å². The van der Waals surface area contributed by atoms with Crippen LogP contribution in [0, 0.1) is 12.7 Å². The molecule has 0 bridgehead atoms. The molecular weight excluding hydrogens is 313 g/mol. The molecule has 1 aromatic heterocycles. The van der Waals surface area contributed by atoms with Crippen molar-refractivity contribution in [3.63, 3.8) is 0 Å². The van der Waals surface area contributed by atoms with Crippen LogP contribution in [0.2, 0.25) is 0 Å². The minimum atomic E-state index is -3.56. The molecule has 2 rings (SSSR count). The standard InChI is InChI=1S/C14H16FNO3S2/c1-10-6-13(15)3-2-12(10)4-5-16-21(18,19)14-7-11(8-17)9-20-14/h2-3,6-7,9,16-17H,4-5,8H2,1H3. The zero-order chi connectivity index (χ0) is 15.5. The predicted octanol–water partition coefficient (Wildman–Crippen LogP) is 2.21. The van der Waals surface area contributed by atoms with Crippen LogP contribution in [-0.4, -0.2) is 20.1 Å². The first-order valence-electron chi connectivity index (χ1n) is 6.35. The summed E-state index contributed by atoms with van der Waals surface area (Å²) in [5, 5.41) is 10.6. The Balaban J connectivity index is 1.99. The van der Waals surface area contributed by atoms with Gasteiger partial charge in [-0.3, -0.25) is 0 Å². The Kier molecular flexibility index (Phi) is 5.10. The van der Waals surface area contributed by atoms with Crippen molar-refractivity contribution in [1.82, 2.24) is 4.72 Å². The smallest absolute Gasteiger partial charge is 0.250 e. The second-order valence-electron chi connectivity index (χ2n) is 4.65. The fourth-order valence-corrected chi connectivity index (χ4v) is 4.18. The maximum absolute atomic E-state index is 13.0. The van der Waals surface area contributed by atoms with Gasteiger partial charge in [0.05, 0.1) is 6.61 Å². The van der Waals surface area contributed by atoms with Gasteiger partial charge in [0.15, 0.2) is 0 Å². The Morgan fingerprint density at radius 1 is 1.33 bits per heavy atom. The van der Waals surface area contributed by atoms with Crippen molar-refractivity contribution in [2.75, 3.05) is 6.54 Å². The van der Waals surface area contributed by atoms with Gasteiger partial charge in [-0.05, 0) is 53.6 Å². The molecule has 7 heteroatoms. The number of aryl methyl sites for hydroxylation is 1. The monoisotopic (exact) mass is 329 g/mol. The van der Waals surface area contributed by atoms with Crippen LogP contribution in [0.3, 0.4) is 0 Å². The number of sulfonamides is 1. The lowest BCUT2D eigenvalue weighted by molar-refractivity contribution is 0.282. The van der Waals surface area contributed by atoms with E-state index in [-0.39, 0.29) is 23.2 Å².